The van der Waals surface area contributed by atoms with Gasteiger partial charge >= 0.3 is 0 Å². The van der Waals surface area contributed by atoms with Crippen molar-refractivity contribution < 1.29 is 9.59 Å². The van der Waals surface area contributed by atoms with Gasteiger partial charge in [0.25, 0.3) is 0 Å². The topological polar surface area (TPSA) is 63.4 Å². The molecule has 1 aromatic rings. The fourth-order valence-electron chi connectivity index (χ4n) is 3.22. The van der Waals surface area contributed by atoms with E-state index in [1.165, 1.54) is 4.90 Å². The number of imide groups is 1. The van der Waals surface area contributed by atoms with Gasteiger partial charge in [-0.3, -0.25) is 14.5 Å². The van der Waals surface area contributed by atoms with E-state index in [0.29, 0.717) is 11.5 Å². The van der Waals surface area contributed by atoms with E-state index in [2.05, 4.69) is 0 Å². The quantitative estimate of drug-likeness (QED) is 0.678. The number of likely N-dealkylation sites (tertiary alicyclic amines) is 1. The zero-order valence-corrected chi connectivity index (χ0v) is 11.9. The van der Waals surface area contributed by atoms with Crippen LogP contribution in [0.15, 0.2) is 24.3 Å². The van der Waals surface area contributed by atoms with Crippen LogP contribution in [0, 0.1) is 11.8 Å². The van der Waals surface area contributed by atoms with Gasteiger partial charge < -0.3 is 5.73 Å². The highest BCUT2D eigenvalue weighted by atomic mass is 32.1. The number of rotatable bonds is 3. The summed E-state index contributed by atoms with van der Waals surface area (Å²) in [5.41, 5.74) is 7.25. The molecular formula is C15H16N2O2S. The number of nitrogens with two attached hydrogens (primary N) is 1. The summed E-state index contributed by atoms with van der Waals surface area (Å²) in [5, 5.41) is 0. The van der Waals surface area contributed by atoms with E-state index < -0.39 is 0 Å². The Bertz CT molecular complexity index is 577. The van der Waals surface area contributed by atoms with Gasteiger partial charge in [0.15, 0.2) is 0 Å². The molecule has 2 aliphatic rings. The lowest BCUT2D eigenvalue weighted by Gasteiger charge is -2.16. The summed E-state index contributed by atoms with van der Waals surface area (Å²) in [5.74, 6) is -0.195. The van der Waals surface area contributed by atoms with Crippen LogP contribution in [0.3, 0.4) is 0 Å². The maximum Gasteiger partial charge on any atom is 0.233 e. The number of benzene rings is 1. The number of carbonyl (C=O) groups excluding carboxylic acids is 2. The van der Waals surface area contributed by atoms with Crippen LogP contribution in [-0.2, 0) is 16.1 Å². The molecule has 2 amide bonds. The van der Waals surface area contributed by atoms with Gasteiger partial charge in [0, 0.05) is 5.56 Å². The van der Waals surface area contributed by atoms with Crippen molar-refractivity contribution in [1.29, 1.82) is 0 Å². The molecule has 20 heavy (non-hydrogen) atoms. The van der Waals surface area contributed by atoms with Gasteiger partial charge in [-0.25, -0.2) is 0 Å². The lowest BCUT2D eigenvalue weighted by atomic mass is 10.00. The molecule has 4 nitrogen and oxygen atoms in total. The highest BCUT2D eigenvalue weighted by Gasteiger charge is 2.49. The third-order valence-electron chi connectivity index (χ3n) is 4.23. The number of hydrogen-bond acceptors (Lipinski definition) is 3. The van der Waals surface area contributed by atoms with Crippen molar-refractivity contribution in [2.75, 3.05) is 0 Å². The molecule has 2 unspecified atom stereocenters. The Morgan fingerprint density at radius 3 is 2.50 bits per heavy atom. The first-order valence-electron chi connectivity index (χ1n) is 6.82. The lowest BCUT2D eigenvalue weighted by molar-refractivity contribution is -0.141. The van der Waals surface area contributed by atoms with Crippen LogP contribution in [0.1, 0.15) is 30.4 Å². The van der Waals surface area contributed by atoms with Crippen LogP contribution >= 0.6 is 12.2 Å². The molecule has 0 radical (unpaired) electrons. The maximum atomic E-state index is 12.3. The average molecular weight is 288 g/mol. The van der Waals surface area contributed by atoms with Crippen LogP contribution in [-0.4, -0.2) is 21.7 Å². The van der Waals surface area contributed by atoms with E-state index in [-0.39, 0.29) is 23.7 Å². The van der Waals surface area contributed by atoms with Gasteiger partial charge in [0.1, 0.15) is 4.99 Å². The lowest BCUT2D eigenvalue weighted by Crippen LogP contribution is -2.31. The summed E-state index contributed by atoms with van der Waals surface area (Å²) in [6.45, 7) is 0.321. The highest BCUT2D eigenvalue weighted by molar-refractivity contribution is 7.80. The van der Waals surface area contributed by atoms with Gasteiger partial charge in [0.2, 0.25) is 11.8 Å². The Labute approximate surface area is 122 Å². The minimum atomic E-state index is -0.0822. The van der Waals surface area contributed by atoms with Gasteiger partial charge in [-0.2, -0.15) is 0 Å². The van der Waals surface area contributed by atoms with Crippen LogP contribution in [0.4, 0.5) is 0 Å². The number of carbonyl (C=O) groups is 2. The molecule has 2 atom stereocenters. The third-order valence-corrected chi connectivity index (χ3v) is 4.47. The number of amides is 2. The van der Waals surface area contributed by atoms with Crippen molar-refractivity contribution >= 4 is 29.0 Å². The predicted molar refractivity (Wildman–Crippen MR) is 78.7 cm³/mol. The Kier molecular flexibility index (Phi) is 3.30. The second-order valence-corrected chi connectivity index (χ2v) is 5.91. The summed E-state index contributed by atoms with van der Waals surface area (Å²) in [6.07, 6.45) is 2.68. The molecule has 1 aromatic carbocycles. The number of fused-ring (bicyclic) bond motifs is 1. The molecule has 5 heteroatoms. The number of nitrogens with zero attached hydrogens (tertiary/aromatic N) is 1. The van der Waals surface area contributed by atoms with Gasteiger partial charge in [-0.15, -0.1) is 0 Å². The maximum absolute atomic E-state index is 12.3. The molecule has 0 aromatic heterocycles. The van der Waals surface area contributed by atoms with Crippen molar-refractivity contribution in [1.82, 2.24) is 4.90 Å². The summed E-state index contributed by atoms with van der Waals surface area (Å²) >= 11 is 4.95. The minimum absolute atomic E-state index is 0.0155. The molecule has 104 valence electrons. The molecule has 0 bridgehead atoms. The van der Waals surface area contributed by atoms with Crippen molar-refractivity contribution in [3.63, 3.8) is 0 Å². The van der Waals surface area contributed by atoms with Crippen molar-refractivity contribution in [2.45, 2.75) is 25.8 Å². The standard InChI is InChI=1S/C15H16N2O2S/c16-13(20)10-4-1-3-9(7-10)8-17-14(18)11-5-2-6-12(11)15(17)19/h1,3-4,7,11-12H,2,5-6,8H2,(H2,16,20). The van der Waals surface area contributed by atoms with Gasteiger partial charge in [-0.1, -0.05) is 36.8 Å². The largest absolute Gasteiger partial charge is 0.389 e. The molecule has 2 N–H and O–H groups in total. The zero-order chi connectivity index (χ0) is 14.3. The van der Waals surface area contributed by atoms with Crippen molar-refractivity contribution in [2.24, 2.45) is 17.6 Å². The Hall–Kier alpha value is -1.75. The number of thiocarbonyl (C=S) groups is 1. The Morgan fingerprint density at radius 2 is 1.90 bits per heavy atom. The summed E-state index contributed by atoms with van der Waals surface area (Å²) < 4.78 is 0. The smallest absolute Gasteiger partial charge is 0.233 e. The summed E-state index contributed by atoms with van der Waals surface area (Å²) in [7, 11) is 0. The zero-order valence-electron chi connectivity index (χ0n) is 11.0. The Morgan fingerprint density at radius 1 is 1.25 bits per heavy atom. The van der Waals surface area contributed by atoms with E-state index in [0.717, 1.165) is 30.4 Å². The van der Waals surface area contributed by atoms with E-state index in [1.807, 2.05) is 24.3 Å². The van der Waals surface area contributed by atoms with Crippen LogP contribution in [0.25, 0.3) is 0 Å². The van der Waals surface area contributed by atoms with Crippen LogP contribution in [0.2, 0.25) is 0 Å². The van der Waals surface area contributed by atoms with Crippen molar-refractivity contribution in [3.05, 3.63) is 35.4 Å². The van der Waals surface area contributed by atoms with Crippen LogP contribution < -0.4 is 5.73 Å². The fourth-order valence-corrected chi connectivity index (χ4v) is 3.35. The molecule has 2 fully saturated rings. The Balaban J connectivity index is 1.81. The molecule has 1 saturated heterocycles. The molecule has 3 rings (SSSR count). The van der Waals surface area contributed by atoms with Gasteiger partial charge in [-0.05, 0) is 24.5 Å². The normalized spacial score (nSPS) is 25.1. The van der Waals surface area contributed by atoms with Gasteiger partial charge in [0.05, 0.1) is 18.4 Å². The highest BCUT2D eigenvalue weighted by Crippen LogP contribution is 2.40. The van der Waals surface area contributed by atoms with E-state index in [4.69, 9.17) is 18.0 Å². The average Bonchev–Trinajstić information content (AvgIpc) is 2.99. The first kappa shape index (κ1) is 13.2. The van der Waals surface area contributed by atoms with Crippen LogP contribution in [0.5, 0.6) is 0 Å². The first-order chi connectivity index (χ1) is 9.58. The second-order valence-electron chi connectivity index (χ2n) is 5.47. The summed E-state index contributed by atoms with van der Waals surface area (Å²) in [4.78, 5) is 26.3. The first-order valence-corrected chi connectivity index (χ1v) is 7.22. The SMILES string of the molecule is NC(=S)c1cccc(CN2C(=O)C3CCCC3C2=O)c1. The molecule has 1 heterocycles. The minimum Gasteiger partial charge on any atom is -0.389 e. The number of hydrogen-bond donors (Lipinski definition) is 1. The molecule has 0 spiro atoms. The van der Waals surface area contributed by atoms with E-state index in [9.17, 15) is 9.59 Å². The second kappa shape index (κ2) is 4.98. The third kappa shape index (κ3) is 2.12. The monoisotopic (exact) mass is 288 g/mol. The fraction of sp³-hybridized carbons (Fsp3) is 0.400. The molecule has 1 aliphatic carbocycles. The summed E-state index contributed by atoms with van der Waals surface area (Å²) in [6, 6.07) is 7.40. The predicted octanol–water partition coefficient (Wildman–Crippen LogP) is 1.61. The molecule has 1 saturated carbocycles. The van der Waals surface area contributed by atoms with E-state index in [1.54, 1.807) is 0 Å². The molecule has 1 aliphatic heterocycles. The van der Waals surface area contributed by atoms with Crippen molar-refractivity contribution in [3.8, 4) is 0 Å². The molecular weight excluding hydrogens is 272 g/mol. The van der Waals surface area contributed by atoms with E-state index >= 15 is 0 Å².